The van der Waals surface area contributed by atoms with Gasteiger partial charge in [0.05, 0.1) is 25.9 Å². The van der Waals surface area contributed by atoms with Crippen LogP contribution in [0.15, 0.2) is 91.0 Å². The van der Waals surface area contributed by atoms with Gasteiger partial charge in [0.25, 0.3) is 0 Å². The molecule has 3 rings (SSSR count). The fraction of sp³-hybridized carbons (Fsp3) is 0.424. The monoisotopic (exact) mass is 549 g/mol. The molecule has 0 unspecified atom stereocenters. The lowest BCUT2D eigenvalue weighted by molar-refractivity contribution is -0.146. The first kappa shape index (κ1) is 31.3. The number of ether oxygens (including phenoxy) is 3. The van der Waals surface area contributed by atoms with Crippen molar-refractivity contribution in [3.8, 4) is 0 Å². The highest BCUT2D eigenvalue weighted by Gasteiger charge is 2.30. The van der Waals surface area contributed by atoms with Crippen LogP contribution in [0.25, 0.3) is 0 Å². The molecule has 1 amide bonds. The van der Waals surface area contributed by atoms with E-state index in [1.807, 2.05) is 112 Å². The number of amides is 1. The molecule has 0 spiro atoms. The molecule has 7 nitrogen and oxygen atoms in total. The first-order valence-electron chi connectivity index (χ1n) is 13.9. The van der Waals surface area contributed by atoms with Gasteiger partial charge in [0.2, 0.25) is 0 Å². The fourth-order valence-corrected chi connectivity index (χ4v) is 4.28. The zero-order valence-corrected chi connectivity index (χ0v) is 23.8. The number of aliphatic hydroxyl groups is 2. The number of aliphatic hydroxyl groups excluding tert-OH is 2. The third kappa shape index (κ3) is 11.1. The SMILES string of the molecule is CC(C)(C)OC(=O)N(CCC[C@@H](O)[C@@H](OCc1ccccc1)[C@H](CO)OCc1ccccc1)Cc1ccccc1. The van der Waals surface area contributed by atoms with Gasteiger partial charge in [-0.3, -0.25) is 0 Å². The third-order valence-corrected chi connectivity index (χ3v) is 6.31. The van der Waals surface area contributed by atoms with E-state index in [9.17, 15) is 15.0 Å². The molecule has 0 aliphatic heterocycles. The topological polar surface area (TPSA) is 88.5 Å². The zero-order chi connectivity index (χ0) is 28.8. The largest absolute Gasteiger partial charge is 0.444 e. The van der Waals surface area contributed by atoms with Gasteiger partial charge < -0.3 is 29.3 Å². The quantitative estimate of drug-likeness (QED) is 0.252. The molecule has 216 valence electrons. The highest BCUT2D eigenvalue weighted by atomic mass is 16.6. The Balaban J connectivity index is 1.66. The van der Waals surface area contributed by atoms with E-state index in [1.54, 1.807) is 4.90 Å². The van der Waals surface area contributed by atoms with E-state index in [-0.39, 0.29) is 19.8 Å². The van der Waals surface area contributed by atoms with Crippen LogP contribution in [0.4, 0.5) is 4.79 Å². The molecule has 3 aromatic rings. The molecule has 40 heavy (non-hydrogen) atoms. The molecule has 0 saturated heterocycles. The summed E-state index contributed by atoms with van der Waals surface area (Å²) in [5, 5.41) is 21.5. The molecular weight excluding hydrogens is 506 g/mol. The number of benzene rings is 3. The number of hydrogen-bond donors (Lipinski definition) is 2. The average molecular weight is 550 g/mol. The van der Waals surface area contributed by atoms with Gasteiger partial charge in [-0.05, 0) is 50.3 Å². The molecule has 0 aliphatic carbocycles. The molecule has 0 saturated carbocycles. The summed E-state index contributed by atoms with van der Waals surface area (Å²) in [5.41, 5.74) is 2.30. The van der Waals surface area contributed by atoms with Crippen molar-refractivity contribution in [3.63, 3.8) is 0 Å². The van der Waals surface area contributed by atoms with Gasteiger partial charge in [-0.25, -0.2) is 4.79 Å². The maximum atomic E-state index is 13.0. The van der Waals surface area contributed by atoms with Crippen LogP contribution in [0.1, 0.15) is 50.3 Å². The van der Waals surface area contributed by atoms with Gasteiger partial charge in [-0.2, -0.15) is 0 Å². The summed E-state index contributed by atoms with van der Waals surface area (Å²) in [7, 11) is 0. The number of carbonyl (C=O) groups excluding carboxylic acids is 1. The predicted octanol–water partition coefficient (Wildman–Crippen LogP) is 5.73. The molecule has 0 aromatic heterocycles. The van der Waals surface area contributed by atoms with E-state index in [1.165, 1.54) is 0 Å². The fourth-order valence-electron chi connectivity index (χ4n) is 4.28. The summed E-state index contributed by atoms with van der Waals surface area (Å²) in [5.74, 6) is 0. The van der Waals surface area contributed by atoms with Crippen LogP contribution in [-0.2, 0) is 34.0 Å². The molecule has 3 aromatic carbocycles. The van der Waals surface area contributed by atoms with Gasteiger partial charge >= 0.3 is 6.09 Å². The minimum absolute atomic E-state index is 0.270. The van der Waals surface area contributed by atoms with E-state index in [0.29, 0.717) is 25.9 Å². The van der Waals surface area contributed by atoms with Gasteiger partial charge in [0.1, 0.15) is 17.8 Å². The van der Waals surface area contributed by atoms with Crippen molar-refractivity contribution in [1.29, 1.82) is 0 Å². The summed E-state index contributed by atoms with van der Waals surface area (Å²) in [6, 6.07) is 29.1. The minimum Gasteiger partial charge on any atom is -0.444 e. The molecule has 0 radical (unpaired) electrons. The lowest BCUT2D eigenvalue weighted by Gasteiger charge is -2.31. The van der Waals surface area contributed by atoms with Crippen molar-refractivity contribution in [2.45, 2.75) is 77.3 Å². The molecule has 2 N–H and O–H groups in total. The van der Waals surface area contributed by atoms with E-state index in [2.05, 4.69) is 0 Å². The molecule has 0 fully saturated rings. The highest BCUT2D eigenvalue weighted by molar-refractivity contribution is 5.68. The summed E-state index contributed by atoms with van der Waals surface area (Å²) in [6.07, 6.45) is -1.97. The molecule has 3 atom stereocenters. The van der Waals surface area contributed by atoms with Crippen molar-refractivity contribution >= 4 is 6.09 Å². The Morgan fingerprint density at radius 2 is 1.30 bits per heavy atom. The van der Waals surface area contributed by atoms with Gasteiger partial charge in [0.15, 0.2) is 0 Å². The van der Waals surface area contributed by atoms with Crippen LogP contribution in [0, 0.1) is 0 Å². The molecular formula is C33H43NO6. The summed E-state index contributed by atoms with van der Waals surface area (Å²) in [4.78, 5) is 14.6. The Morgan fingerprint density at radius 3 is 1.80 bits per heavy atom. The predicted molar refractivity (Wildman–Crippen MR) is 155 cm³/mol. The second kappa shape index (κ2) is 16.1. The number of rotatable bonds is 15. The molecule has 0 aliphatic rings. The Labute approximate surface area is 238 Å². The normalized spacial score (nSPS) is 13.8. The van der Waals surface area contributed by atoms with Crippen molar-refractivity contribution in [2.75, 3.05) is 13.2 Å². The summed E-state index contributed by atoms with van der Waals surface area (Å²) >= 11 is 0. The Hall–Kier alpha value is -3.23. The maximum Gasteiger partial charge on any atom is 0.410 e. The number of nitrogens with zero attached hydrogens (tertiary/aromatic N) is 1. The minimum atomic E-state index is -0.922. The van der Waals surface area contributed by atoms with Crippen molar-refractivity contribution in [2.24, 2.45) is 0 Å². The summed E-state index contributed by atoms with van der Waals surface area (Å²) < 4.78 is 17.8. The third-order valence-electron chi connectivity index (χ3n) is 6.31. The van der Waals surface area contributed by atoms with Gasteiger partial charge in [-0.1, -0.05) is 91.0 Å². The molecule has 0 heterocycles. The van der Waals surface area contributed by atoms with E-state index in [0.717, 1.165) is 16.7 Å². The van der Waals surface area contributed by atoms with Crippen LogP contribution in [-0.4, -0.2) is 58.3 Å². The van der Waals surface area contributed by atoms with Crippen LogP contribution < -0.4 is 0 Å². The first-order valence-corrected chi connectivity index (χ1v) is 13.9. The van der Waals surface area contributed by atoms with E-state index >= 15 is 0 Å². The number of hydrogen-bond acceptors (Lipinski definition) is 6. The summed E-state index contributed by atoms with van der Waals surface area (Å²) in [6.45, 7) is 6.57. The average Bonchev–Trinajstić information content (AvgIpc) is 2.95. The van der Waals surface area contributed by atoms with E-state index in [4.69, 9.17) is 14.2 Å². The standard InChI is InChI=1S/C33H43NO6/c1-33(2,3)40-32(37)34(22-26-14-7-4-8-15-26)21-13-20-29(36)31(39-25-28-18-11-6-12-19-28)30(23-35)38-24-27-16-9-5-10-17-27/h4-12,14-19,29-31,35-36H,13,20-25H2,1-3H3/t29-,30+,31-/m1/s1. The lowest BCUT2D eigenvalue weighted by Crippen LogP contribution is -2.44. The van der Waals surface area contributed by atoms with Crippen LogP contribution in [0.3, 0.4) is 0 Å². The number of carbonyl (C=O) groups is 1. The van der Waals surface area contributed by atoms with Gasteiger partial charge in [0, 0.05) is 13.1 Å². The van der Waals surface area contributed by atoms with E-state index < -0.39 is 30.0 Å². The van der Waals surface area contributed by atoms with Gasteiger partial charge in [-0.15, -0.1) is 0 Å². The molecule has 7 heteroatoms. The van der Waals surface area contributed by atoms with Crippen molar-refractivity contribution in [3.05, 3.63) is 108 Å². The molecule has 0 bridgehead atoms. The van der Waals surface area contributed by atoms with Crippen molar-refractivity contribution in [1.82, 2.24) is 4.90 Å². The second-order valence-electron chi connectivity index (χ2n) is 10.9. The Morgan fingerprint density at radius 1 is 0.800 bits per heavy atom. The highest BCUT2D eigenvalue weighted by Crippen LogP contribution is 2.19. The first-order chi connectivity index (χ1) is 19.2. The van der Waals surface area contributed by atoms with Crippen molar-refractivity contribution < 1.29 is 29.2 Å². The smallest absolute Gasteiger partial charge is 0.410 e. The van der Waals surface area contributed by atoms with Crippen LogP contribution in [0.5, 0.6) is 0 Å². The second-order valence-corrected chi connectivity index (χ2v) is 10.9. The van der Waals surface area contributed by atoms with Crippen LogP contribution in [0.2, 0.25) is 0 Å². The lowest BCUT2D eigenvalue weighted by atomic mass is 10.0. The Bertz CT molecular complexity index is 1100. The zero-order valence-electron chi connectivity index (χ0n) is 23.8. The van der Waals surface area contributed by atoms with Crippen LogP contribution >= 0.6 is 0 Å². The maximum absolute atomic E-state index is 13.0. The Kier molecular flexibility index (Phi) is 12.6.